The summed E-state index contributed by atoms with van der Waals surface area (Å²) in [4.78, 5) is 24.3. The molecule has 0 radical (unpaired) electrons. The highest BCUT2D eigenvalue weighted by molar-refractivity contribution is 5.99. The maximum absolute atomic E-state index is 12.8. The van der Waals surface area contributed by atoms with E-state index in [2.05, 4.69) is 39.1 Å². The Bertz CT molecular complexity index is 1330. The molecule has 2 N–H and O–H groups in total. The van der Waals surface area contributed by atoms with Gasteiger partial charge in [0.05, 0.1) is 18.7 Å². The number of benzene rings is 2. The first kappa shape index (κ1) is 24.5. The third-order valence-electron chi connectivity index (χ3n) is 6.42. The van der Waals surface area contributed by atoms with Gasteiger partial charge in [-0.1, -0.05) is 64.1 Å². The highest BCUT2D eigenvalue weighted by Gasteiger charge is 2.24. The van der Waals surface area contributed by atoms with E-state index < -0.39 is 5.97 Å². The van der Waals surface area contributed by atoms with Crippen LogP contribution in [0.5, 0.6) is 0 Å². The topological polar surface area (TPSA) is 84.2 Å². The van der Waals surface area contributed by atoms with Gasteiger partial charge in [0, 0.05) is 22.5 Å². The third-order valence-corrected chi connectivity index (χ3v) is 6.42. The molecule has 3 aromatic rings. The molecule has 1 aliphatic rings. The molecule has 1 amide bonds. The Balaban J connectivity index is 1.51. The van der Waals surface area contributed by atoms with Crippen LogP contribution in [-0.4, -0.2) is 26.8 Å². The van der Waals surface area contributed by atoms with Crippen LogP contribution in [0.2, 0.25) is 0 Å². The Kier molecular flexibility index (Phi) is 7.20. The minimum Gasteiger partial charge on any atom is -0.481 e. The summed E-state index contributed by atoms with van der Waals surface area (Å²) in [6.07, 6.45) is 5.56. The van der Waals surface area contributed by atoms with E-state index >= 15 is 0 Å². The van der Waals surface area contributed by atoms with Crippen LogP contribution in [0.3, 0.4) is 0 Å². The Morgan fingerprint density at radius 1 is 1.00 bits per heavy atom. The molecule has 35 heavy (non-hydrogen) atoms. The van der Waals surface area contributed by atoms with E-state index in [4.69, 9.17) is 5.10 Å². The average molecular weight is 472 g/mol. The zero-order chi connectivity index (χ0) is 25.1. The highest BCUT2D eigenvalue weighted by atomic mass is 16.4. The minimum atomic E-state index is -0.833. The van der Waals surface area contributed by atoms with Crippen molar-refractivity contribution in [3.05, 3.63) is 88.4 Å². The summed E-state index contributed by atoms with van der Waals surface area (Å²) in [7, 11) is 0. The standard InChI is InChI=1S/C29H33N3O3/c1-18(2)27-25(16-26(33)34)28(19(3)4)32(31-27)17-20-9-13-24(14-10-20)30-29(35)23-12-11-21-7-5-6-8-22(21)15-23/h5-9,11-13,15,18-19H,10,14,16-17H2,1-4H3,(H,30,35)(H,33,34). The number of aromatic nitrogens is 2. The number of hydrogen-bond acceptors (Lipinski definition) is 3. The lowest BCUT2D eigenvalue weighted by atomic mass is 9.96. The average Bonchev–Trinajstić information content (AvgIpc) is 3.17. The molecule has 2 aromatic carbocycles. The van der Waals surface area contributed by atoms with Crippen molar-refractivity contribution in [3.8, 4) is 0 Å². The van der Waals surface area contributed by atoms with Crippen molar-refractivity contribution in [3.63, 3.8) is 0 Å². The molecule has 0 fully saturated rings. The second-order valence-electron chi connectivity index (χ2n) is 9.82. The molecule has 0 spiro atoms. The molecule has 0 atom stereocenters. The summed E-state index contributed by atoms with van der Waals surface area (Å²) >= 11 is 0. The predicted octanol–water partition coefficient (Wildman–Crippen LogP) is 5.94. The van der Waals surface area contributed by atoms with Crippen molar-refractivity contribution >= 4 is 22.6 Å². The molecule has 1 aromatic heterocycles. The molecular weight excluding hydrogens is 438 g/mol. The van der Waals surface area contributed by atoms with Gasteiger partial charge in [0.1, 0.15) is 0 Å². The van der Waals surface area contributed by atoms with Crippen molar-refractivity contribution in [1.82, 2.24) is 15.1 Å². The lowest BCUT2D eigenvalue weighted by molar-refractivity contribution is -0.136. The monoisotopic (exact) mass is 471 g/mol. The normalized spacial score (nSPS) is 13.8. The summed E-state index contributed by atoms with van der Waals surface area (Å²) in [6.45, 7) is 8.89. The van der Waals surface area contributed by atoms with Crippen LogP contribution in [0.4, 0.5) is 0 Å². The van der Waals surface area contributed by atoms with Crippen molar-refractivity contribution in [2.45, 2.75) is 65.3 Å². The Morgan fingerprint density at radius 3 is 2.37 bits per heavy atom. The van der Waals surface area contributed by atoms with E-state index in [1.165, 1.54) is 5.57 Å². The van der Waals surface area contributed by atoms with Gasteiger partial charge in [-0.05, 0) is 59.2 Å². The Hall–Kier alpha value is -3.67. The number of carbonyl (C=O) groups excluding carboxylic acids is 1. The number of allylic oxidation sites excluding steroid dienone is 4. The van der Waals surface area contributed by atoms with Crippen molar-refractivity contribution in [2.75, 3.05) is 0 Å². The Morgan fingerprint density at radius 2 is 1.74 bits per heavy atom. The van der Waals surface area contributed by atoms with E-state index in [1.54, 1.807) is 0 Å². The lowest BCUT2D eigenvalue weighted by Crippen LogP contribution is -2.24. The van der Waals surface area contributed by atoms with E-state index in [0.717, 1.165) is 46.3 Å². The first-order valence-corrected chi connectivity index (χ1v) is 12.2. The first-order valence-electron chi connectivity index (χ1n) is 12.2. The SMILES string of the molecule is CC(C)c1nn(CC2=CC=C(NC(=O)c3ccc4ccccc4c3)CC2)c(C(C)C)c1CC(=O)O. The van der Waals surface area contributed by atoms with Gasteiger partial charge in [-0.2, -0.15) is 5.10 Å². The first-order chi connectivity index (χ1) is 16.7. The van der Waals surface area contributed by atoms with Gasteiger partial charge in [0.2, 0.25) is 0 Å². The molecule has 0 unspecified atom stereocenters. The van der Waals surface area contributed by atoms with Gasteiger partial charge in [0.15, 0.2) is 0 Å². The van der Waals surface area contributed by atoms with Crippen LogP contribution in [0.25, 0.3) is 10.8 Å². The molecule has 0 aliphatic heterocycles. The lowest BCUT2D eigenvalue weighted by Gasteiger charge is -2.18. The fourth-order valence-corrected chi connectivity index (χ4v) is 4.75. The number of nitrogens with zero attached hydrogens (tertiary/aromatic N) is 2. The molecule has 0 saturated carbocycles. The van der Waals surface area contributed by atoms with Crippen LogP contribution >= 0.6 is 0 Å². The largest absolute Gasteiger partial charge is 0.481 e. The van der Waals surface area contributed by atoms with Crippen LogP contribution in [0, 0.1) is 0 Å². The fraction of sp³-hybridized carbons (Fsp3) is 0.345. The van der Waals surface area contributed by atoms with E-state index in [-0.39, 0.29) is 24.2 Å². The minimum absolute atomic E-state index is 0.00900. The summed E-state index contributed by atoms with van der Waals surface area (Å²) in [5, 5.41) is 19.5. The molecule has 6 nitrogen and oxygen atoms in total. The molecule has 1 heterocycles. The van der Waals surface area contributed by atoms with Crippen LogP contribution in [0.1, 0.15) is 79.7 Å². The van der Waals surface area contributed by atoms with Gasteiger partial charge < -0.3 is 10.4 Å². The van der Waals surface area contributed by atoms with Gasteiger partial charge >= 0.3 is 5.97 Å². The molecule has 1 aliphatic carbocycles. The van der Waals surface area contributed by atoms with Gasteiger partial charge in [0.25, 0.3) is 5.91 Å². The number of aliphatic carboxylic acids is 1. The quantitative estimate of drug-likeness (QED) is 0.426. The van der Waals surface area contributed by atoms with Gasteiger partial charge in [-0.3, -0.25) is 14.3 Å². The number of carboxylic acids is 1. The summed E-state index contributed by atoms with van der Waals surface area (Å²) in [5.74, 6) is -0.617. The number of carboxylic acid groups (broad SMARTS) is 1. The van der Waals surface area contributed by atoms with Crippen molar-refractivity contribution < 1.29 is 14.7 Å². The van der Waals surface area contributed by atoms with E-state index in [1.807, 2.05) is 53.2 Å². The predicted molar refractivity (Wildman–Crippen MR) is 139 cm³/mol. The van der Waals surface area contributed by atoms with Crippen LogP contribution in [-0.2, 0) is 17.8 Å². The van der Waals surface area contributed by atoms with Gasteiger partial charge in [-0.25, -0.2) is 0 Å². The number of fused-ring (bicyclic) bond motifs is 1. The highest BCUT2D eigenvalue weighted by Crippen LogP contribution is 2.30. The zero-order valence-corrected chi connectivity index (χ0v) is 20.8. The van der Waals surface area contributed by atoms with Crippen LogP contribution < -0.4 is 5.32 Å². The molecule has 6 heteroatoms. The molecule has 182 valence electrons. The molecule has 0 bridgehead atoms. The number of nitrogens with one attached hydrogen (secondary N) is 1. The molecule has 4 rings (SSSR count). The molecular formula is C29H33N3O3. The Labute approximate surface area is 206 Å². The van der Waals surface area contributed by atoms with Crippen molar-refractivity contribution in [2.24, 2.45) is 0 Å². The summed E-state index contributed by atoms with van der Waals surface area (Å²) in [6, 6.07) is 13.7. The second kappa shape index (κ2) is 10.3. The van der Waals surface area contributed by atoms with Gasteiger partial charge in [-0.15, -0.1) is 0 Å². The fourth-order valence-electron chi connectivity index (χ4n) is 4.75. The maximum atomic E-state index is 12.8. The second-order valence-corrected chi connectivity index (χ2v) is 9.82. The third kappa shape index (κ3) is 5.53. The number of hydrogen-bond donors (Lipinski definition) is 2. The number of rotatable bonds is 8. The van der Waals surface area contributed by atoms with Crippen LogP contribution in [0.15, 0.2) is 65.9 Å². The van der Waals surface area contributed by atoms with Crippen molar-refractivity contribution in [1.29, 1.82) is 0 Å². The number of amides is 1. The number of carbonyl (C=O) groups is 2. The maximum Gasteiger partial charge on any atom is 0.307 e. The van der Waals surface area contributed by atoms with E-state index in [9.17, 15) is 14.7 Å². The molecule has 0 saturated heterocycles. The zero-order valence-electron chi connectivity index (χ0n) is 20.8. The summed E-state index contributed by atoms with van der Waals surface area (Å²) < 4.78 is 1.98. The smallest absolute Gasteiger partial charge is 0.307 e. The van der Waals surface area contributed by atoms with E-state index in [0.29, 0.717) is 12.1 Å². The summed E-state index contributed by atoms with van der Waals surface area (Å²) in [5.41, 5.74) is 5.45.